The first kappa shape index (κ1) is 43.6. The Morgan fingerprint density at radius 3 is 0.907 bits per heavy atom. The van der Waals surface area contributed by atoms with Crippen molar-refractivity contribution in [2.24, 2.45) is 35.5 Å². The lowest BCUT2D eigenvalue weighted by Crippen LogP contribution is -2.45. The standard InChI is InChI=1S/C22H40N2O4.C13H28O2/c1-15(2)19(25)11-23(12-20(26)16(3)4)9-10-24(13-21(27)17(5)6)14-22(28)18(7)8;1-10(2)7-13(8-14-11(3)4)9-15-12(5)6/h15-18H,9-14H2,1-8H3;10-13H,7-9H2,1-6H3. The number of hydrogen-bond donors (Lipinski definition) is 0. The molecule has 0 radical (unpaired) electrons. The van der Waals surface area contributed by atoms with Crippen LogP contribution in [0.3, 0.4) is 0 Å². The normalized spacial score (nSPS) is 12.2. The molecule has 0 saturated heterocycles. The minimum Gasteiger partial charge on any atom is -0.378 e. The molecule has 0 amide bonds. The minimum absolute atomic E-state index is 0.0830. The molecule has 0 aromatic rings. The zero-order chi connectivity index (χ0) is 33.9. The van der Waals surface area contributed by atoms with E-state index in [2.05, 4.69) is 41.5 Å². The van der Waals surface area contributed by atoms with Crippen molar-refractivity contribution in [3.63, 3.8) is 0 Å². The Kier molecular flexibility index (Phi) is 24.2. The summed E-state index contributed by atoms with van der Waals surface area (Å²) in [5.74, 6) is 1.18. The van der Waals surface area contributed by atoms with Crippen LogP contribution in [0, 0.1) is 35.5 Å². The van der Waals surface area contributed by atoms with Gasteiger partial charge in [0, 0.05) is 42.7 Å². The van der Waals surface area contributed by atoms with E-state index in [4.69, 9.17) is 9.47 Å². The van der Waals surface area contributed by atoms with Gasteiger partial charge in [0.15, 0.2) is 0 Å². The molecular formula is C35H68N2O6. The first-order chi connectivity index (χ1) is 19.8. The zero-order valence-electron chi connectivity index (χ0n) is 30.3. The summed E-state index contributed by atoms with van der Waals surface area (Å²) in [5.41, 5.74) is 0. The van der Waals surface area contributed by atoms with Gasteiger partial charge in [-0.25, -0.2) is 0 Å². The average molecular weight is 613 g/mol. The largest absolute Gasteiger partial charge is 0.378 e. The number of carbonyl (C=O) groups excluding carboxylic acids is 4. The van der Waals surface area contributed by atoms with Gasteiger partial charge >= 0.3 is 0 Å². The highest BCUT2D eigenvalue weighted by Crippen LogP contribution is 2.14. The molecule has 0 N–H and O–H groups in total. The molecular weight excluding hydrogens is 544 g/mol. The van der Waals surface area contributed by atoms with Gasteiger partial charge in [0.05, 0.1) is 51.6 Å². The highest BCUT2D eigenvalue weighted by Gasteiger charge is 2.22. The fourth-order valence-electron chi connectivity index (χ4n) is 3.83. The molecule has 8 heteroatoms. The molecule has 0 rings (SSSR count). The van der Waals surface area contributed by atoms with E-state index in [1.807, 2.05) is 65.2 Å². The first-order valence-electron chi connectivity index (χ1n) is 16.5. The quantitative estimate of drug-likeness (QED) is 0.139. The molecule has 0 aliphatic rings. The third-order valence-electron chi connectivity index (χ3n) is 6.96. The summed E-state index contributed by atoms with van der Waals surface area (Å²) in [6.45, 7) is 31.0. The number of ketones is 4. The zero-order valence-corrected chi connectivity index (χ0v) is 30.3. The molecule has 0 unspecified atom stereocenters. The fraction of sp³-hybridized carbons (Fsp3) is 0.886. The minimum atomic E-state index is -0.0993. The Morgan fingerprint density at radius 2 is 0.721 bits per heavy atom. The van der Waals surface area contributed by atoms with E-state index in [-0.39, 0.29) is 73.0 Å². The summed E-state index contributed by atoms with van der Waals surface area (Å²) in [7, 11) is 0. The van der Waals surface area contributed by atoms with Crippen LogP contribution in [0.1, 0.15) is 103 Å². The first-order valence-corrected chi connectivity index (χ1v) is 16.5. The monoisotopic (exact) mass is 613 g/mol. The third kappa shape index (κ3) is 24.5. The lowest BCUT2D eigenvalue weighted by molar-refractivity contribution is -0.128. The number of rotatable bonds is 23. The van der Waals surface area contributed by atoms with Crippen LogP contribution in [-0.4, -0.2) is 97.6 Å². The molecule has 0 aromatic carbocycles. The Balaban J connectivity index is 0. The van der Waals surface area contributed by atoms with E-state index < -0.39 is 0 Å². The Bertz CT molecular complexity index is 685. The van der Waals surface area contributed by atoms with E-state index in [9.17, 15) is 19.2 Å². The predicted molar refractivity (Wildman–Crippen MR) is 177 cm³/mol. The van der Waals surface area contributed by atoms with Gasteiger partial charge in [0.1, 0.15) is 23.1 Å². The molecule has 0 fully saturated rings. The summed E-state index contributed by atoms with van der Waals surface area (Å²) in [4.78, 5) is 52.5. The van der Waals surface area contributed by atoms with Gasteiger partial charge in [-0.1, -0.05) is 69.2 Å². The van der Waals surface area contributed by atoms with Crippen molar-refractivity contribution in [1.29, 1.82) is 0 Å². The molecule has 43 heavy (non-hydrogen) atoms. The van der Waals surface area contributed by atoms with Crippen LogP contribution in [0.4, 0.5) is 0 Å². The van der Waals surface area contributed by atoms with Crippen molar-refractivity contribution >= 4 is 23.1 Å². The van der Waals surface area contributed by atoms with E-state index in [0.717, 1.165) is 13.2 Å². The van der Waals surface area contributed by atoms with Crippen molar-refractivity contribution in [3.8, 4) is 0 Å². The number of ether oxygens (including phenoxy) is 2. The molecule has 0 aliphatic heterocycles. The van der Waals surface area contributed by atoms with E-state index in [1.165, 1.54) is 6.42 Å². The smallest absolute Gasteiger partial charge is 0.149 e. The van der Waals surface area contributed by atoms with Crippen molar-refractivity contribution in [3.05, 3.63) is 0 Å². The number of nitrogens with zero attached hydrogens (tertiary/aromatic N) is 2. The van der Waals surface area contributed by atoms with Crippen LogP contribution in [0.15, 0.2) is 0 Å². The summed E-state index contributed by atoms with van der Waals surface area (Å²) < 4.78 is 11.3. The molecule has 0 heterocycles. The second kappa shape index (κ2) is 23.8. The maximum Gasteiger partial charge on any atom is 0.149 e. The van der Waals surface area contributed by atoms with Crippen molar-refractivity contribution < 1.29 is 28.7 Å². The predicted octanol–water partition coefficient (Wildman–Crippen LogP) is 5.99. The molecule has 0 bridgehead atoms. The Hall–Kier alpha value is -1.48. The van der Waals surface area contributed by atoms with Crippen LogP contribution < -0.4 is 0 Å². The van der Waals surface area contributed by atoms with Gasteiger partial charge in [0.25, 0.3) is 0 Å². The second-order valence-corrected chi connectivity index (χ2v) is 14.2. The highest BCUT2D eigenvalue weighted by molar-refractivity contribution is 5.86. The third-order valence-corrected chi connectivity index (χ3v) is 6.96. The number of carbonyl (C=O) groups is 4. The molecule has 8 nitrogen and oxygen atoms in total. The maximum atomic E-state index is 12.2. The number of hydrogen-bond acceptors (Lipinski definition) is 8. The van der Waals surface area contributed by atoms with E-state index in [0.29, 0.717) is 37.1 Å². The summed E-state index contributed by atoms with van der Waals surface area (Å²) in [6, 6.07) is 0. The van der Waals surface area contributed by atoms with Crippen LogP contribution in [0.5, 0.6) is 0 Å². The van der Waals surface area contributed by atoms with Crippen LogP contribution in [0.25, 0.3) is 0 Å². The molecule has 0 atom stereocenters. The molecule has 254 valence electrons. The van der Waals surface area contributed by atoms with Gasteiger partial charge in [-0.3, -0.25) is 29.0 Å². The maximum absolute atomic E-state index is 12.2. The van der Waals surface area contributed by atoms with Crippen LogP contribution >= 0.6 is 0 Å². The molecule has 0 aliphatic carbocycles. The lowest BCUT2D eigenvalue weighted by Gasteiger charge is -2.28. The summed E-state index contributed by atoms with van der Waals surface area (Å²) in [6.07, 6.45) is 1.82. The van der Waals surface area contributed by atoms with Gasteiger partial charge in [0.2, 0.25) is 0 Å². The molecule has 0 spiro atoms. The second-order valence-electron chi connectivity index (χ2n) is 14.2. The van der Waals surface area contributed by atoms with Gasteiger partial charge in [-0.2, -0.15) is 0 Å². The van der Waals surface area contributed by atoms with Crippen LogP contribution in [0.2, 0.25) is 0 Å². The molecule has 0 aromatic heterocycles. The average Bonchev–Trinajstić information content (AvgIpc) is 2.87. The van der Waals surface area contributed by atoms with Crippen molar-refractivity contribution in [1.82, 2.24) is 9.80 Å². The lowest BCUT2D eigenvalue weighted by atomic mass is 9.98. The SMILES string of the molecule is CC(C)C(=O)CN(CCN(CC(=O)C(C)C)CC(=O)C(C)C)CC(=O)C(C)C.CC(C)CC(COC(C)C)COC(C)C. The molecule has 0 saturated carbocycles. The van der Waals surface area contributed by atoms with E-state index in [1.54, 1.807) is 0 Å². The Morgan fingerprint density at radius 1 is 0.465 bits per heavy atom. The van der Waals surface area contributed by atoms with Gasteiger partial charge < -0.3 is 9.47 Å². The van der Waals surface area contributed by atoms with E-state index >= 15 is 0 Å². The van der Waals surface area contributed by atoms with Gasteiger partial charge in [-0.15, -0.1) is 0 Å². The number of Topliss-reactive ketones (excluding diaryl/α,β-unsaturated/α-hetero) is 4. The highest BCUT2D eigenvalue weighted by atomic mass is 16.5. The Labute approximate surface area is 265 Å². The summed E-state index contributed by atoms with van der Waals surface area (Å²) >= 11 is 0. The van der Waals surface area contributed by atoms with Crippen molar-refractivity contribution in [2.45, 2.75) is 116 Å². The van der Waals surface area contributed by atoms with Gasteiger partial charge in [-0.05, 0) is 40.0 Å². The topological polar surface area (TPSA) is 93.2 Å². The summed E-state index contributed by atoms with van der Waals surface area (Å²) in [5, 5.41) is 0. The van der Waals surface area contributed by atoms with Crippen LogP contribution in [-0.2, 0) is 28.7 Å². The van der Waals surface area contributed by atoms with Crippen molar-refractivity contribution in [2.75, 3.05) is 52.5 Å². The fourth-order valence-corrected chi connectivity index (χ4v) is 3.83.